The second-order valence-corrected chi connectivity index (χ2v) is 7.74. The summed E-state index contributed by atoms with van der Waals surface area (Å²) in [4.78, 5) is 9.45. The maximum atomic E-state index is 9.17. The molecule has 2 aliphatic rings. The molecule has 0 amide bonds. The number of hydrogen-bond acceptors (Lipinski definition) is 6. The van der Waals surface area contributed by atoms with Gasteiger partial charge in [-0.25, -0.2) is 0 Å². The maximum Gasteiger partial charge on any atom is 0.229 e. The van der Waals surface area contributed by atoms with Gasteiger partial charge in [-0.3, -0.25) is 9.80 Å². The summed E-state index contributed by atoms with van der Waals surface area (Å²) in [6, 6.07) is 8.77. The van der Waals surface area contributed by atoms with E-state index in [0.29, 0.717) is 12.0 Å². The van der Waals surface area contributed by atoms with Crippen LogP contribution in [0.1, 0.15) is 54.4 Å². The van der Waals surface area contributed by atoms with Crippen LogP contribution in [0.2, 0.25) is 0 Å². The van der Waals surface area contributed by atoms with E-state index >= 15 is 0 Å². The van der Waals surface area contributed by atoms with E-state index < -0.39 is 0 Å². The summed E-state index contributed by atoms with van der Waals surface area (Å²) in [5, 5.41) is 13.3. The minimum Gasteiger partial charge on any atom is -0.392 e. The third-order valence-corrected chi connectivity index (χ3v) is 5.52. The van der Waals surface area contributed by atoms with Crippen LogP contribution >= 0.6 is 0 Å². The van der Waals surface area contributed by atoms with Crippen molar-refractivity contribution in [1.82, 2.24) is 19.9 Å². The molecular weight excluding hydrogens is 328 g/mol. The van der Waals surface area contributed by atoms with Gasteiger partial charge in [-0.15, -0.1) is 0 Å². The third-order valence-electron chi connectivity index (χ3n) is 5.52. The van der Waals surface area contributed by atoms with E-state index in [-0.39, 0.29) is 6.61 Å². The summed E-state index contributed by atoms with van der Waals surface area (Å²) in [5.74, 6) is 2.18. The molecule has 140 valence electrons. The van der Waals surface area contributed by atoms with Crippen molar-refractivity contribution in [1.29, 1.82) is 0 Å². The molecule has 4 rings (SSSR count). The van der Waals surface area contributed by atoms with Crippen molar-refractivity contribution in [3.63, 3.8) is 0 Å². The first-order valence-corrected chi connectivity index (χ1v) is 9.65. The van der Waals surface area contributed by atoms with Crippen molar-refractivity contribution in [3.8, 4) is 0 Å². The number of benzene rings is 1. The van der Waals surface area contributed by atoms with E-state index in [1.165, 1.54) is 31.2 Å². The summed E-state index contributed by atoms with van der Waals surface area (Å²) >= 11 is 0. The van der Waals surface area contributed by atoms with E-state index in [1.807, 2.05) is 12.1 Å². The Morgan fingerprint density at radius 3 is 2.69 bits per heavy atom. The quantitative estimate of drug-likeness (QED) is 0.822. The number of aromatic nitrogens is 2. The smallest absolute Gasteiger partial charge is 0.229 e. The average Bonchev–Trinajstić information content (AvgIpc) is 3.42. The summed E-state index contributed by atoms with van der Waals surface area (Å²) in [6.07, 6.45) is 4.81. The summed E-state index contributed by atoms with van der Waals surface area (Å²) in [6.45, 7) is 3.96. The van der Waals surface area contributed by atoms with Crippen molar-refractivity contribution in [2.24, 2.45) is 0 Å². The minimum absolute atomic E-state index is 0.103. The highest BCUT2D eigenvalue weighted by molar-refractivity contribution is 5.22. The Bertz CT molecular complexity index is 711. The first kappa shape index (κ1) is 17.6. The van der Waals surface area contributed by atoms with Gasteiger partial charge >= 0.3 is 0 Å². The molecule has 0 radical (unpaired) electrons. The van der Waals surface area contributed by atoms with Gasteiger partial charge in [0, 0.05) is 25.0 Å². The van der Waals surface area contributed by atoms with Crippen LogP contribution in [-0.2, 0) is 19.7 Å². The standard InChI is InChI=1S/C20H28N4O2/c1-23(11-15-4-6-16(14-25)7-5-15)18-3-2-10-24(12-18)13-19-21-20(26-22-19)17-8-9-17/h4-7,17-18,25H,2-3,8-14H2,1H3. The lowest BCUT2D eigenvalue weighted by Gasteiger charge is -2.37. The fourth-order valence-corrected chi connectivity index (χ4v) is 3.73. The molecule has 1 aromatic heterocycles. The molecule has 1 aliphatic heterocycles. The topological polar surface area (TPSA) is 65.6 Å². The highest BCUT2D eigenvalue weighted by Crippen LogP contribution is 2.38. The SMILES string of the molecule is CN(Cc1ccc(CO)cc1)C1CCCN(Cc2noc(C3CC3)n2)C1. The molecule has 2 aromatic rings. The predicted molar refractivity (Wildman–Crippen MR) is 98.4 cm³/mol. The van der Waals surface area contributed by atoms with E-state index in [0.717, 1.165) is 43.5 Å². The second-order valence-electron chi connectivity index (χ2n) is 7.74. The molecule has 1 aliphatic carbocycles. The maximum absolute atomic E-state index is 9.17. The third kappa shape index (κ3) is 4.31. The molecule has 1 saturated carbocycles. The van der Waals surface area contributed by atoms with Crippen molar-refractivity contribution >= 4 is 0 Å². The van der Waals surface area contributed by atoms with Gasteiger partial charge in [-0.1, -0.05) is 29.4 Å². The first-order chi connectivity index (χ1) is 12.7. The minimum atomic E-state index is 0.103. The fourth-order valence-electron chi connectivity index (χ4n) is 3.73. The van der Waals surface area contributed by atoms with Crippen molar-refractivity contribution in [3.05, 3.63) is 47.1 Å². The lowest BCUT2D eigenvalue weighted by Crippen LogP contribution is -2.45. The molecule has 1 N–H and O–H groups in total. The molecule has 0 bridgehead atoms. The molecule has 6 nitrogen and oxygen atoms in total. The Morgan fingerprint density at radius 1 is 1.19 bits per heavy atom. The summed E-state index contributed by atoms with van der Waals surface area (Å²) in [5.41, 5.74) is 2.25. The average molecular weight is 356 g/mol. The molecule has 26 heavy (non-hydrogen) atoms. The number of hydrogen-bond donors (Lipinski definition) is 1. The predicted octanol–water partition coefficient (Wildman–Crippen LogP) is 2.54. The number of aliphatic hydroxyl groups is 1. The van der Waals surface area contributed by atoms with Crippen LogP contribution in [0.15, 0.2) is 28.8 Å². The van der Waals surface area contributed by atoms with Crippen LogP contribution in [0.25, 0.3) is 0 Å². The molecule has 1 aromatic carbocycles. The largest absolute Gasteiger partial charge is 0.392 e. The number of piperidine rings is 1. The number of aliphatic hydroxyl groups excluding tert-OH is 1. The molecule has 6 heteroatoms. The zero-order valence-corrected chi connectivity index (χ0v) is 15.5. The van der Waals surface area contributed by atoms with Crippen molar-refractivity contribution < 1.29 is 9.63 Å². The van der Waals surface area contributed by atoms with Crippen LogP contribution in [-0.4, -0.2) is 51.2 Å². The summed E-state index contributed by atoms with van der Waals surface area (Å²) < 4.78 is 5.39. The Hall–Kier alpha value is -1.76. The molecular formula is C20H28N4O2. The highest BCUT2D eigenvalue weighted by Gasteiger charge is 2.30. The Morgan fingerprint density at radius 2 is 1.96 bits per heavy atom. The van der Waals surface area contributed by atoms with E-state index in [4.69, 9.17) is 9.63 Å². The van der Waals surface area contributed by atoms with Crippen LogP contribution in [0.4, 0.5) is 0 Å². The molecule has 1 atom stereocenters. The van der Waals surface area contributed by atoms with E-state index in [2.05, 4.69) is 39.1 Å². The lowest BCUT2D eigenvalue weighted by molar-refractivity contribution is 0.105. The fraction of sp³-hybridized carbons (Fsp3) is 0.600. The molecule has 2 heterocycles. The zero-order chi connectivity index (χ0) is 17.9. The number of nitrogens with zero attached hydrogens (tertiary/aromatic N) is 4. The number of rotatable bonds is 7. The second kappa shape index (κ2) is 7.86. The van der Waals surface area contributed by atoms with Gasteiger partial charge in [0.2, 0.25) is 5.89 Å². The first-order valence-electron chi connectivity index (χ1n) is 9.65. The molecule has 2 fully saturated rings. The lowest BCUT2D eigenvalue weighted by atomic mass is 10.0. The number of likely N-dealkylation sites (N-methyl/N-ethyl adjacent to an activating group) is 1. The van der Waals surface area contributed by atoms with Crippen LogP contribution in [0, 0.1) is 0 Å². The Kier molecular flexibility index (Phi) is 5.33. The van der Waals surface area contributed by atoms with Gasteiger partial charge in [0.15, 0.2) is 5.82 Å². The Balaban J connectivity index is 1.31. The normalized spacial score (nSPS) is 21.4. The molecule has 1 saturated heterocycles. The van der Waals surface area contributed by atoms with Crippen LogP contribution < -0.4 is 0 Å². The van der Waals surface area contributed by atoms with Crippen LogP contribution in [0.5, 0.6) is 0 Å². The van der Waals surface area contributed by atoms with Gasteiger partial charge in [-0.2, -0.15) is 4.98 Å². The molecule has 0 spiro atoms. The zero-order valence-electron chi connectivity index (χ0n) is 15.5. The molecule has 1 unspecified atom stereocenters. The monoisotopic (exact) mass is 356 g/mol. The van der Waals surface area contributed by atoms with Gasteiger partial charge in [0.1, 0.15) is 0 Å². The van der Waals surface area contributed by atoms with Crippen LogP contribution in [0.3, 0.4) is 0 Å². The van der Waals surface area contributed by atoms with Gasteiger partial charge in [0.05, 0.1) is 13.2 Å². The summed E-state index contributed by atoms with van der Waals surface area (Å²) in [7, 11) is 2.20. The van der Waals surface area contributed by atoms with Crippen molar-refractivity contribution in [2.75, 3.05) is 20.1 Å². The number of likely N-dealkylation sites (tertiary alicyclic amines) is 1. The van der Waals surface area contributed by atoms with E-state index in [1.54, 1.807) is 0 Å². The van der Waals surface area contributed by atoms with Crippen molar-refractivity contribution in [2.45, 2.75) is 57.3 Å². The van der Waals surface area contributed by atoms with E-state index in [9.17, 15) is 0 Å². The van der Waals surface area contributed by atoms with Gasteiger partial charge in [0.25, 0.3) is 0 Å². The van der Waals surface area contributed by atoms with Gasteiger partial charge < -0.3 is 9.63 Å². The van der Waals surface area contributed by atoms with Gasteiger partial charge in [-0.05, 0) is 50.4 Å². The highest BCUT2D eigenvalue weighted by atomic mass is 16.5. The Labute approximate surface area is 154 Å².